The summed E-state index contributed by atoms with van der Waals surface area (Å²) in [6.45, 7) is 8.08. The molecule has 4 aromatic rings. The highest BCUT2D eigenvalue weighted by Crippen LogP contribution is 2.35. The van der Waals surface area contributed by atoms with Crippen molar-refractivity contribution in [1.82, 2.24) is 0 Å². The molecule has 0 saturated carbocycles. The van der Waals surface area contributed by atoms with E-state index < -0.39 is 0 Å². The van der Waals surface area contributed by atoms with Crippen LogP contribution in [0.1, 0.15) is 29.2 Å². The van der Waals surface area contributed by atoms with E-state index >= 15 is 0 Å². The highest BCUT2D eigenvalue weighted by molar-refractivity contribution is 14.1. The molecular formula is C28H28INO2. The number of fused-ring (bicyclic) bond motifs is 1. The molecule has 4 heteroatoms. The minimum atomic E-state index is 0.498. The molecule has 0 radical (unpaired) electrons. The Morgan fingerprint density at radius 3 is 2.47 bits per heavy atom. The van der Waals surface area contributed by atoms with Crippen LogP contribution in [0.2, 0.25) is 0 Å². The fourth-order valence-electron chi connectivity index (χ4n) is 3.75. The molecule has 164 valence electrons. The Balaban J connectivity index is 1.53. The molecule has 0 amide bonds. The van der Waals surface area contributed by atoms with Crippen LogP contribution in [0.4, 0.5) is 5.69 Å². The molecule has 0 aliphatic carbocycles. The van der Waals surface area contributed by atoms with Crippen molar-refractivity contribution < 1.29 is 9.47 Å². The fourth-order valence-corrected chi connectivity index (χ4v) is 4.57. The number of aryl methyl sites for hydroxylation is 2. The van der Waals surface area contributed by atoms with Gasteiger partial charge < -0.3 is 14.8 Å². The van der Waals surface area contributed by atoms with Crippen molar-refractivity contribution in [2.75, 3.05) is 11.9 Å². The maximum Gasteiger partial charge on any atom is 0.174 e. The molecule has 0 fully saturated rings. The van der Waals surface area contributed by atoms with Crippen LogP contribution in [-0.4, -0.2) is 6.61 Å². The third kappa shape index (κ3) is 5.18. The summed E-state index contributed by atoms with van der Waals surface area (Å²) in [5.74, 6) is 1.59. The van der Waals surface area contributed by atoms with Gasteiger partial charge in [-0.15, -0.1) is 0 Å². The van der Waals surface area contributed by atoms with Gasteiger partial charge in [0, 0.05) is 12.2 Å². The monoisotopic (exact) mass is 537 g/mol. The Bertz CT molecular complexity index is 1230. The number of nitrogens with one attached hydrogen (secondary N) is 1. The zero-order valence-corrected chi connectivity index (χ0v) is 20.9. The Morgan fingerprint density at radius 1 is 0.844 bits per heavy atom. The molecule has 0 saturated heterocycles. The largest absolute Gasteiger partial charge is 0.490 e. The number of hydrogen-bond acceptors (Lipinski definition) is 3. The van der Waals surface area contributed by atoms with E-state index in [0.29, 0.717) is 13.2 Å². The number of benzene rings is 4. The molecule has 0 heterocycles. The van der Waals surface area contributed by atoms with Gasteiger partial charge in [0.05, 0.1) is 10.2 Å². The van der Waals surface area contributed by atoms with Crippen LogP contribution in [0.5, 0.6) is 11.5 Å². The van der Waals surface area contributed by atoms with E-state index in [1.54, 1.807) is 0 Å². The number of anilines is 1. The predicted molar refractivity (Wildman–Crippen MR) is 142 cm³/mol. The molecule has 4 aromatic carbocycles. The van der Waals surface area contributed by atoms with Crippen LogP contribution in [0.25, 0.3) is 10.8 Å². The lowest BCUT2D eigenvalue weighted by atomic mass is 10.1. The summed E-state index contributed by atoms with van der Waals surface area (Å²) in [6, 6.07) is 25.4. The van der Waals surface area contributed by atoms with E-state index in [9.17, 15) is 0 Å². The zero-order chi connectivity index (χ0) is 22.5. The summed E-state index contributed by atoms with van der Waals surface area (Å²) in [4.78, 5) is 0. The SMILES string of the molecule is CCOc1cc(CNc2ccc(C)c(C)c2)cc(I)c1OCc1cccc2ccccc12. The first kappa shape index (κ1) is 22.5. The average Bonchev–Trinajstić information content (AvgIpc) is 2.79. The number of ether oxygens (including phenoxy) is 2. The summed E-state index contributed by atoms with van der Waals surface area (Å²) >= 11 is 2.34. The summed E-state index contributed by atoms with van der Waals surface area (Å²) in [5, 5.41) is 5.97. The molecule has 0 atom stereocenters. The second kappa shape index (κ2) is 10.3. The molecule has 0 unspecified atom stereocenters. The highest BCUT2D eigenvalue weighted by Gasteiger charge is 2.13. The molecule has 0 spiro atoms. The average molecular weight is 537 g/mol. The maximum atomic E-state index is 6.31. The van der Waals surface area contributed by atoms with Gasteiger partial charge in [0.1, 0.15) is 6.61 Å². The lowest BCUT2D eigenvalue weighted by molar-refractivity contribution is 0.268. The number of rotatable bonds is 8. The second-order valence-corrected chi connectivity index (χ2v) is 9.08. The summed E-state index contributed by atoms with van der Waals surface area (Å²) in [6.07, 6.45) is 0. The third-order valence-corrected chi connectivity index (χ3v) is 6.43. The predicted octanol–water partition coefficient (Wildman–Crippen LogP) is 7.65. The van der Waals surface area contributed by atoms with E-state index in [4.69, 9.17) is 9.47 Å². The van der Waals surface area contributed by atoms with Crippen LogP contribution in [0.3, 0.4) is 0 Å². The van der Waals surface area contributed by atoms with Gasteiger partial charge in [-0.1, -0.05) is 48.5 Å². The maximum absolute atomic E-state index is 6.31. The van der Waals surface area contributed by atoms with Crippen LogP contribution >= 0.6 is 22.6 Å². The fraction of sp³-hybridized carbons (Fsp3) is 0.214. The van der Waals surface area contributed by atoms with E-state index in [1.807, 2.05) is 6.92 Å². The lowest BCUT2D eigenvalue weighted by Gasteiger charge is -2.17. The van der Waals surface area contributed by atoms with Crippen molar-refractivity contribution >= 4 is 39.1 Å². The molecular weight excluding hydrogens is 509 g/mol. The number of halogens is 1. The van der Waals surface area contributed by atoms with Crippen molar-refractivity contribution in [3.8, 4) is 11.5 Å². The lowest BCUT2D eigenvalue weighted by Crippen LogP contribution is -2.05. The van der Waals surface area contributed by atoms with Gasteiger partial charge in [-0.2, -0.15) is 0 Å². The molecule has 0 aromatic heterocycles. The van der Waals surface area contributed by atoms with Crippen molar-refractivity contribution in [2.45, 2.75) is 33.9 Å². The van der Waals surface area contributed by atoms with Gasteiger partial charge >= 0.3 is 0 Å². The van der Waals surface area contributed by atoms with E-state index in [2.05, 4.69) is 115 Å². The van der Waals surface area contributed by atoms with Crippen LogP contribution in [0, 0.1) is 17.4 Å². The van der Waals surface area contributed by atoms with Crippen molar-refractivity contribution in [3.63, 3.8) is 0 Å². The summed E-state index contributed by atoms with van der Waals surface area (Å²) in [5.41, 5.74) is 6.04. The van der Waals surface area contributed by atoms with E-state index in [1.165, 1.54) is 27.5 Å². The topological polar surface area (TPSA) is 30.5 Å². The Hall–Kier alpha value is -2.73. The minimum absolute atomic E-state index is 0.498. The smallest absolute Gasteiger partial charge is 0.174 e. The van der Waals surface area contributed by atoms with Crippen molar-refractivity contribution in [3.05, 3.63) is 98.6 Å². The Kier molecular flexibility index (Phi) is 7.20. The molecule has 4 rings (SSSR count). The van der Waals surface area contributed by atoms with Gasteiger partial charge in [-0.3, -0.25) is 0 Å². The first-order valence-corrected chi connectivity index (χ1v) is 12.0. The third-order valence-electron chi connectivity index (χ3n) is 5.62. The number of hydrogen-bond donors (Lipinski definition) is 1. The van der Waals surface area contributed by atoms with Crippen LogP contribution in [-0.2, 0) is 13.2 Å². The Labute approximate surface area is 203 Å². The second-order valence-electron chi connectivity index (χ2n) is 7.92. The van der Waals surface area contributed by atoms with Gasteiger partial charge in [0.25, 0.3) is 0 Å². The van der Waals surface area contributed by atoms with E-state index in [-0.39, 0.29) is 0 Å². The molecule has 1 N–H and O–H groups in total. The molecule has 0 aliphatic heterocycles. The van der Waals surface area contributed by atoms with Crippen molar-refractivity contribution in [2.24, 2.45) is 0 Å². The standard InChI is InChI=1S/C28H28INO2/c1-4-31-27-16-21(17-30-24-13-12-19(2)20(3)14-24)15-26(29)28(27)32-18-23-10-7-9-22-8-5-6-11-25(22)23/h5-16,30H,4,17-18H2,1-3H3. The summed E-state index contributed by atoms with van der Waals surface area (Å²) in [7, 11) is 0. The van der Waals surface area contributed by atoms with Gasteiger partial charge in [0.2, 0.25) is 0 Å². The Morgan fingerprint density at radius 2 is 1.66 bits per heavy atom. The van der Waals surface area contributed by atoms with E-state index in [0.717, 1.165) is 32.9 Å². The zero-order valence-electron chi connectivity index (χ0n) is 18.7. The highest BCUT2D eigenvalue weighted by atomic mass is 127. The van der Waals surface area contributed by atoms with Crippen LogP contribution in [0.15, 0.2) is 72.8 Å². The van der Waals surface area contributed by atoms with Gasteiger partial charge in [-0.25, -0.2) is 0 Å². The first-order valence-electron chi connectivity index (χ1n) is 10.9. The van der Waals surface area contributed by atoms with Crippen LogP contribution < -0.4 is 14.8 Å². The minimum Gasteiger partial charge on any atom is -0.490 e. The van der Waals surface area contributed by atoms with Gasteiger partial charge in [-0.05, 0) is 101 Å². The normalized spacial score (nSPS) is 10.9. The van der Waals surface area contributed by atoms with Crippen molar-refractivity contribution in [1.29, 1.82) is 0 Å². The molecule has 0 aliphatic rings. The van der Waals surface area contributed by atoms with Gasteiger partial charge in [0.15, 0.2) is 11.5 Å². The molecule has 3 nitrogen and oxygen atoms in total. The first-order chi connectivity index (χ1) is 15.5. The quantitative estimate of drug-likeness (QED) is 0.234. The summed E-state index contributed by atoms with van der Waals surface area (Å²) < 4.78 is 13.3. The molecule has 0 bridgehead atoms. The molecule has 32 heavy (non-hydrogen) atoms.